The summed E-state index contributed by atoms with van der Waals surface area (Å²) < 4.78 is 68.2. The van der Waals surface area contributed by atoms with Gasteiger partial charge in [-0.3, -0.25) is 4.79 Å². The molecular weight excluding hydrogens is 544 g/mol. The van der Waals surface area contributed by atoms with Gasteiger partial charge in [-0.25, -0.2) is 9.37 Å². The molecule has 1 aliphatic rings. The highest BCUT2D eigenvalue weighted by molar-refractivity contribution is 5.96. The zero-order valence-corrected chi connectivity index (χ0v) is 22.7. The Hall–Kier alpha value is -3.54. The third kappa shape index (κ3) is 7.22. The number of aliphatic hydroxyl groups excluding tert-OH is 1. The lowest BCUT2D eigenvalue weighted by Crippen LogP contribution is -2.44. The first-order chi connectivity index (χ1) is 19.2. The Morgan fingerprint density at radius 1 is 1.05 bits per heavy atom. The van der Waals surface area contributed by atoms with Crippen LogP contribution in [0.1, 0.15) is 61.1 Å². The van der Waals surface area contributed by atoms with Crippen molar-refractivity contribution < 1.29 is 42.0 Å². The van der Waals surface area contributed by atoms with Crippen LogP contribution >= 0.6 is 0 Å². The van der Waals surface area contributed by atoms with Crippen LogP contribution in [0.15, 0.2) is 54.6 Å². The summed E-state index contributed by atoms with van der Waals surface area (Å²) in [4.78, 5) is 17.2. The third-order valence-corrected chi connectivity index (χ3v) is 6.75. The number of benzene rings is 2. The maximum atomic E-state index is 14.5. The Labute approximate surface area is 234 Å². The highest BCUT2D eigenvalue weighted by Gasteiger charge is 2.56. The number of hydrogen-bond donors (Lipinski definition) is 3. The molecule has 1 saturated carbocycles. The molecule has 0 radical (unpaired) electrons. The van der Waals surface area contributed by atoms with Gasteiger partial charge in [-0.15, -0.1) is 0 Å². The van der Waals surface area contributed by atoms with Gasteiger partial charge in [0.2, 0.25) is 5.60 Å². The van der Waals surface area contributed by atoms with E-state index in [0.717, 1.165) is 31.0 Å². The molecule has 0 amide bonds. The molecule has 4 rings (SSSR count). The van der Waals surface area contributed by atoms with E-state index in [-0.39, 0.29) is 41.9 Å². The molecule has 0 aliphatic heterocycles. The number of aromatic nitrogens is 1. The molecule has 3 aromatic rings. The van der Waals surface area contributed by atoms with E-state index in [2.05, 4.69) is 4.98 Å². The van der Waals surface area contributed by atoms with E-state index >= 15 is 0 Å². The van der Waals surface area contributed by atoms with Crippen LogP contribution in [0, 0.1) is 5.82 Å². The van der Waals surface area contributed by atoms with Gasteiger partial charge in [-0.1, -0.05) is 0 Å². The molecule has 0 saturated heterocycles. The number of Topliss-reactive ketones (excluding diaryl/α,β-unsaturated/α-hetero) is 1. The van der Waals surface area contributed by atoms with Gasteiger partial charge >= 0.3 is 6.18 Å². The fourth-order valence-electron chi connectivity index (χ4n) is 4.15. The first kappa shape index (κ1) is 30.4. The van der Waals surface area contributed by atoms with Crippen molar-refractivity contribution in [3.63, 3.8) is 0 Å². The first-order valence-corrected chi connectivity index (χ1v) is 13.2. The van der Waals surface area contributed by atoms with E-state index in [1.165, 1.54) is 36.4 Å². The molecule has 41 heavy (non-hydrogen) atoms. The second-order valence-electron chi connectivity index (χ2n) is 10.7. The number of halogens is 4. The van der Waals surface area contributed by atoms with Crippen LogP contribution in [0.3, 0.4) is 0 Å². The fraction of sp³-hybridized carbons (Fsp3) is 0.400. The predicted molar refractivity (Wildman–Crippen MR) is 143 cm³/mol. The zero-order valence-electron chi connectivity index (χ0n) is 22.7. The largest absolute Gasteiger partial charge is 0.487 e. The number of carbonyl (C=O) groups is 1. The zero-order chi connectivity index (χ0) is 30.0. The third-order valence-electron chi connectivity index (χ3n) is 6.75. The van der Waals surface area contributed by atoms with E-state index in [1.54, 1.807) is 13.8 Å². The molecule has 2 aromatic carbocycles. The van der Waals surface area contributed by atoms with Crippen LogP contribution in [-0.4, -0.2) is 46.5 Å². The fourth-order valence-corrected chi connectivity index (χ4v) is 4.15. The average Bonchev–Trinajstić information content (AvgIpc) is 3.74. The monoisotopic (exact) mass is 576 g/mol. The highest BCUT2D eigenvalue weighted by Crippen LogP contribution is 2.44. The average molecular weight is 577 g/mol. The van der Waals surface area contributed by atoms with Gasteiger partial charge in [0.05, 0.1) is 24.1 Å². The molecule has 220 valence electrons. The minimum atomic E-state index is -5.19. The Kier molecular flexibility index (Phi) is 8.72. The molecule has 1 aromatic heterocycles. The second-order valence-corrected chi connectivity index (χ2v) is 10.7. The Bertz CT molecular complexity index is 1390. The Balaban J connectivity index is 1.66. The number of nitrogens with zero attached hydrogens (tertiary/aromatic N) is 1. The number of rotatable bonds is 12. The summed E-state index contributed by atoms with van der Waals surface area (Å²) in [5, 5.41) is 20.2. The lowest BCUT2D eigenvalue weighted by atomic mass is 9.86. The molecule has 0 spiro atoms. The molecule has 11 heteroatoms. The van der Waals surface area contributed by atoms with Gasteiger partial charge < -0.3 is 25.4 Å². The highest BCUT2D eigenvalue weighted by atomic mass is 19.4. The van der Waals surface area contributed by atoms with Gasteiger partial charge in [0.1, 0.15) is 12.4 Å². The second kappa shape index (κ2) is 11.8. The summed E-state index contributed by atoms with van der Waals surface area (Å²) in [5.74, 6) is -0.640. The Morgan fingerprint density at radius 2 is 1.73 bits per heavy atom. The van der Waals surface area contributed by atoms with Crippen molar-refractivity contribution in [3.8, 4) is 22.8 Å². The lowest BCUT2D eigenvalue weighted by Gasteiger charge is -2.32. The standard InChI is InChI=1S/C30H32F4N2O5/c1-28(2,35)20-16-23(18-3-6-21(31)7-4-18)36-27(17-20)29(39,30(32,33)34)12-11-24(38)19-5-10-25(40-14-13-37)26(15-19)41-22-8-9-22/h3-7,10,15-17,22,37,39H,8-9,11-14,35H2,1-2H3. The van der Waals surface area contributed by atoms with Crippen molar-refractivity contribution in [2.75, 3.05) is 13.2 Å². The van der Waals surface area contributed by atoms with Crippen LogP contribution in [0.25, 0.3) is 11.3 Å². The summed E-state index contributed by atoms with van der Waals surface area (Å²) in [7, 11) is 0. The topological polar surface area (TPSA) is 115 Å². The number of alkyl halides is 3. The maximum absolute atomic E-state index is 14.5. The van der Waals surface area contributed by atoms with Crippen LogP contribution in [0.5, 0.6) is 11.5 Å². The molecular formula is C30H32F4N2O5. The van der Waals surface area contributed by atoms with Crippen LogP contribution in [-0.2, 0) is 11.1 Å². The van der Waals surface area contributed by atoms with E-state index in [9.17, 15) is 27.5 Å². The summed E-state index contributed by atoms with van der Waals surface area (Å²) in [6, 6.07) is 11.8. The number of aliphatic hydroxyl groups is 2. The number of nitrogens with two attached hydrogens (primary N) is 1. The minimum absolute atomic E-state index is 0.00147. The van der Waals surface area contributed by atoms with Crippen molar-refractivity contribution in [1.29, 1.82) is 0 Å². The SMILES string of the molecule is CC(C)(N)c1cc(-c2ccc(F)cc2)nc(C(O)(CCC(=O)c2ccc(OCCO)c(OC3CC3)c2)C(F)(F)F)c1. The first-order valence-electron chi connectivity index (χ1n) is 13.2. The Morgan fingerprint density at radius 3 is 2.32 bits per heavy atom. The molecule has 1 aliphatic carbocycles. The summed E-state index contributed by atoms with van der Waals surface area (Å²) in [5.41, 5.74) is 1.61. The maximum Gasteiger partial charge on any atom is 0.422 e. The van der Waals surface area contributed by atoms with Gasteiger partial charge in [-0.05, 0) is 93.3 Å². The molecule has 4 N–H and O–H groups in total. The van der Waals surface area contributed by atoms with Crippen molar-refractivity contribution >= 4 is 5.78 Å². The van der Waals surface area contributed by atoms with Crippen LogP contribution in [0.2, 0.25) is 0 Å². The normalized spacial score (nSPS) is 15.3. The van der Waals surface area contributed by atoms with Gasteiger partial charge in [0, 0.05) is 23.1 Å². The number of hydrogen-bond acceptors (Lipinski definition) is 7. The van der Waals surface area contributed by atoms with Crippen molar-refractivity contribution in [2.24, 2.45) is 5.73 Å². The van der Waals surface area contributed by atoms with Crippen molar-refractivity contribution in [1.82, 2.24) is 4.98 Å². The lowest BCUT2D eigenvalue weighted by molar-refractivity contribution is -0.270. The molecule has 1 unspecified atom stereocenters. The van der Waals surface area contributed by atoms with Crippen molar-refractivity contribution in [2.45, 2.75) is 63.0 Å². The van der Waals surface area contributed by atoms with Gasteiger partial charge in [0.15, 0.2) is 17.3 Å². The van der Waals surface area contributed by atoms with Gasteiger partial charge in [0.25, 0.3) is 0 Å². The number of carbonyl (C=O) groups excluding carboxylic acids is 1. The van der Waals surface area contributed by atoms with E-state index in [0.29, 0.717) is 11.3 Å². The van der Waals surface area contributed by atoms with Crippen LogP contribution < -0.4 is 15.2 Å². The molecule has 1 heterocycles. The van der Waals surface area contributed by atoms with E-state index < -0.39 is 47.5 Å². The van der Waals surface area contributed by atoms with E-state index in [1.807, 2.05) is 0 Å². The minimum Gasteiger partial charge on any atom is -0.487 e. The summed E-state index contributed by atoms with van der Waals surface area (Å²) >= 11 is 0. The summed E-state index contributed by atoms with van der Waals surface area (Å²) in [6.45, 7) is 2.94. The summed E-state index contributed by atoms with van der Waals surface area (Å²) in [6.07, 6.45) is -5.28. The van der Waals surface area contributed by atoms with Crippen LogP contribution in [0.4, 0.5) is 17.6 Å². The predicted octanol–water partition coefficient (Wildman–Crippen LogP) is 5.41. The molecule has 0 bridgehead atoms. The van der Waals surface area contributed by atoms with Gasteiger partial charge in [-0.2, -0.15) is 13.2 Å². The number of pyridine rings is 1. The molecule has 1 atom stereocenters. The number of ether oxygens (including phenoxy) is 2. The smallest absolute Gasteiger partial charge is 0.422 e. The van der Waals surface area contributed by atoms with Crippen molar-refractivity contribution in [3.05, 3.63) is 77.2 Å². The number of ketones is 1. The molecule has 7 nitrogen and oxygen atoms in total. The molecule has 1 fully saturated rings. The quantitative estimate of drug-likeness (QED) is 0.195. The van der Waals surface area contributed by atoms with E-state index in [4.69, 9.17) is 20.3 Å².